The van der Waals surface area contributed by atoms with Crippen molar-refractivity contribution in [1.29, 1.82) is 0 Å². The highest BCUT2D eigenvalue weighted by Crippen LogP contribution is 2.23. The van der Waals surface area contributed by atoms with E-state index in [2.05, 4.69) is 11.4 Å². The first kappa shape index (κ1) is 18.5. The molecule has 0 saturated carbocycles. The number of hydrogen-bond donors (Lipinski definition) is 2. The van der Waals surface area contributed by atoms with Crippen molar-refractivity contribution in [3.8, 4) is 0 Å². The van der Waals surface area contributed by atoms with Crippen LogP contribution in [0.15, 0.2) is 47.4 Å². The van der Waals surface area contributed by atoms with Gasteiger partial charge in [0.2, 0.25) is 15.9 Å². The summed E-state index contributed by atoms with van der Waals surface area (Å²) in [6.45, 7) is 4.04. The topological polar surface area (TPSA) is 89.3 Å². The molecule has 7 heteroatoms. The number of thioether (sulfide) groups is 1. The zero-order valence-corrected chi connectivity index (χ0v) is 15.2. The summed E-state index contributed by atoms with van der Waals surface area (Å²) in [7, 11) is -3.55. The van der Waals surface area contributed by atoms with Crippen molar-refractivity contribution in [3.63, 3.8) is 0 Å². The first-order valence-corrected chi connectivity index (χ1v) is 10.0. The lowest BCUT2D eigenvalue weighted by Crippen LogP contribution is -2.15. The van der Waals surface area contributed by atoms with Gasteiger partial charge in [-0.3, -0.25) is 4.79 Å². The number of nitrogens with two attached hydrogens (primary N) is 1. The molecule has 0 bridgehead atoms. The molecule has 24 heavy (non-hydrogen) atoms. The van der Waals surface area contributed by atoms with Crippen molar-refractivity contribution >= 4 is 33.4 Å². The fourth-order valence-corrected chi connectivity index (χ4v) is 3.70. The lowest BCUT2D eigenvalue weighted by Gasteiger charge is -2.08. The number of rotatable bonds is 6. The van der Waals surface area contributed by atoms with E-state index >= 15 is 0 Å². The molecule has 0 unspecified atom stereocenters. The van der Waals surface area contributed by atoms with Gasteiger partial charge in [0.15, 0.2) is 0 Å². The van der Waals surface area contributed by atoms with Crippen molar-refractivity contribution in [2.75, 3.05) is 11.1 Å². The molecule has 0 spiro atoms. The van der Waals surface area contributed by atoms with E-state index in [9.17, 15) is 13.2 Å². The number of aryl methyl sites for hydroxylation is 2. The molecule has 0 aliphatic carbocycles. The summed E-state index contributed by atoms with van der Waals surface area (Å²) in [6.07, 6.45) is 0. The van der Waals surface area contributed by atoms with Gasteiger partial charge in [0, 0.05) is 10.6 Å². The Morgan fingerprint density at radius 1 is 1.12 bits per heavy atom. The summed E-state index contributed by atoms with van der Waals surface area (Å²) in [5.74, 6) is -0.0208. The van der Waals surface area contributed by atoms with Crippen LogP contribution in [-0.2, 0) is 20.6 Å². The SMILES string of the molecule is Cc1ccc(C)c(SCC(=O)Nc2ccc(CS(N)(=O)=O)cc2)c1. The highest BCUT2D eigenvalue weighted by molar-refractivity contribution is 8.00. The summed E-state index contributed by atoms with van der Waals surface area (Å²) in [5.41, 5.74) is 3.51. The second kappa shape index (κ2) is 7.83. The number of carbonyl (C=O) groups excluding carboxylic acids is 1. The minimum absolute atomic E-state index is 0.111. The van der Waals surface area contributed by atoms with Crippen molar-refractivity contribution in [2.24, 2.45) is 5.14 Å². The first-order valence-electron chi connectivity index (χ1n) is 7.32. The summed E-state index contributed by atoms with van der Waals surface area (Å²) < 4.78 is 22.1. The fraction of sp³-hybridized carbons (Fsp3) is 0.235. The normalized spacial score (nSPS) is 11.3. The standard InChI is InChI=1S/C17H20N2O3S2/c1-12-3-4-13(2)16(9-12)23-10-17(20)19-15-7-5-14(6-8-15)11-24(18,21)22/h3-9H,10-11H2,1-2H3,(H,19,20)(H2,18,21,22). The highest BCUT2D eigenvalue weighted by Gasteiger charge is 2.08. The minimum atomic E-state index is -3.55. The molecule has 0 aliphatic rings. The maximum atomic E-state index is 12.0. The maximum absolute atomic E-state index is 12.0. The van der Waals surface area contributed by atoms with Crippen LogP contribution in [0.1, 0.15) is 16.7 Å². The lowest BCUT2D eigenvalue weighted by atomic mass is 10.2. The van der Waals surface area contributed by atoms with Gasteiger partial charge in [0.1, 0.15) is 0 Å². The third-order valence-electron chi connectivity index (χ3n) is 3.31. The third-order valence-corrected chi connectivity index (χ3v) is 5.20. The Morgan fingerprint density at radius 2 is 1.79 bits per heavy atom. The van der Waals surface area contributed by atoms with Gasteiger partial charge in [-0.1, -0.05) is 29.8 Å². The van der Waals surface area contributed by atoms with E-state index < -0.39 is 10.0 Å². The number of primary sulfonamides is 1. The zero-order chi connectivity index (χ0) is 17.7. The molecule has 0 radical (unpaired) electrons. The van der Waals surface area contributed by atoms with Gasteiger partial charge >= 0.3 is 0 Å². The zero-order valence-electron chi connectivity index (χ0n) is 13.6. The quantitative estimate of drug-likeness (QED) is 0.771. The van der Waals surface area contributed by atoms with E-state index in [-0.39, 0.29) is 11.7 Å². The molecular weight excluding hydrogens is 344 g/mol. The Labute approximate surface area is 146 Å². The molecule has 2 rings (SSSR count). The average molecular weight is 364 g/mol. The lowest BCUT2D eigenvalue weighted by molar-refractivity contribution is -0.113. The molecule has 3 N–H and O–H groups in total. The Bertz CT molecular complexity index is 831. The Hall–Kier alpha value is -1.83. The minimum Gasteiger partial charge on any atom is -0.325 e. The van der Waals surface area contributed by atoms with Crippen LogP contribution in [0.4, 0.5) is 5.69 Å². The number of nitrogens with one attached hydrogen (secondary N) is 1. The van der Waals surface area contributed by atoms with Gasteiger partial charge in [-0.15, -0.1) is 11.8 Å². The van der Waals surface area contributed by atoms with Crippen molar-refractivity contribution in [3.05, 3.63) is 59.2 Å². The van der Waals surface area contributed by atoms with Gasteiger partial charge in [-0.25, -0.2) is 13.6 Å². The number of hydrogen-bond acceptors (Lipinski definition) is 4. The van der Waals surface area contributed by atoms with Crippen molar-refractivity contribution in [2.45, 2.75) is 24.5 Å². The number of carbonyl (C=O) groups is 1. The molecule has 0 fully saturated rings. The summed E-state index contributed by atoms with van der Waals surface area (Å²) in [4.78, 5) is 13.1. The van der Waals surface area contributed by atoms with Crippen LogP contribution in [0.2, 0.25) is 0 Å². The predicted molar refractivity (Wildman–Crippen MR) is 98.5 cm³/mol. The molecule has 0 atom stereocenters. The molecule has 2 aromatic carbocycles. The summed E-state index contributed by atoms with van der Waals surface area (Å²) >= 11 is 1.49. The molecule has 0 heterocycles. The van der Waals surface area contributed by atoms with E-state index in [0.717, 1.165) is 16.0 Å². The number of sulfonamides is 1. The smallest absolute Gasteiger partial charge is 0.234 e. The Kier molecular flexibility index (Phi) is 6.04. The van der Waals surface area contributed by atoms with E-state index in [1.54, 1.807) is 24.3 Å². The van der Waals surface area contributed by atoms with Gasteiger partial charge in [0.05, 0.1) is 11.5 Å². The van der Waals surface area contributed by atoms with Crippen LogP contribution >= 0.6 is 11.8 Å². The predicted octanol–water partition coefficient (Wildman–Crippen LogP) is 2.82. The molecule has 0 aliphatic heterocycles. The Balaban J connectivity index is 1.91. The van der Waals surface area contributed by atoms with Gasteiger partial charge < -0.3 is 5.32 Å². The largest absolute Gasteiger partial charge is 0.325 e. The molecule has 0 saturated heterocycles. The Morgan fingerprint density at radius 3 is 2.42 bits per heavy atom. The summed E-state index contributed by atoms with van der Waals surface area (Å²) in [5, 5.41) is 7.80. The molecular formula is C17H20N2O3S2. The first-order chi connectivity index (χ1) is 11.2. The second-order valence-corrected chi connectivity index (χ2v) is 8.24. The fourth-order valence-electron chi connectivity index (χ4n) is 2.12. The highest BCUT2D eigenvalue weighted by atomic mass is 32.2. The molecule has 128 valence electrons. The van der Waals surface area contributed by atoms with Crippen LogP contribution in [0, 0.1) is 13.8 Å². The van der Waals surface area contributed by atoms with Gasteiger partial charge in [-0.2, -0.15) is 0 Å². The molecule has 5 nitrogen and oxygen atoms in total. The van der Waals surface area contributed by atoms with E-state index in [1.165, 1.54) is 11.8 Å². The molecule has 1 amide bonds. The summed E-state index contributed by atoms with van der Waals surface area (Å²) in [6, 6.07) is 12.8. The average Bonchev–Trinajstić information content (AvgIpc) is 2.49. The number of benzene rings is 2. The third kappa shape index (κ3) is 5.99. The van der Waals surface area contributed by atoms with Crippen molar-refractivity contribution < 1.29 is 13.2 Å². The van der Waals surface area contributed by atoms with Gasteiger partial charge in [0.25, 0.3) is 0 Å². The monoisotopic (exact) mass is 364 g/mol. The van der Waals surface area contributed by atoms with Crippen LogP contribution in [0.5, 0.6) is 0 Å². The van der Waals surface area contributed by atoms with Crippen LogP contribution in [-0.4, -0.2) is 20.1 Å². The van der Waals surface area contributed by atoms with E-state index in [4.69, 9.17) is 5.14 Å². The molecule has 2 aromatic rings. The van der Waals surface area contributed by atoms with Crippen LogP contribution < -0.4 is 10.5 Å². The maximum Gasteiger partial charge on any atom is 0.234 e. The number of amides is 1. The van der Waals surface area contributed by atoms with Crippen LogP contribution in [0.25, 0.3) is 0 Å². The number of anilines is 1. The van der Waals surface area contributed by atoms with Crippen LogP contribution in [0.3, 0.4) is 0 Å². The van der Waals surface area contributed by atoms with Crippen molar-refractivity contribution in [1.82, 2.24) is 0 Å². The second-order valence-electron chi connectivity index (χ2n) is 5.61. The molecule has 0 aromatic heterocycles. The van der Waals surface area contributed by atoms with E-state index in [0.29, 0.717) is 17.0 Å². The van der Waals surface area contributed by atoms with E-state index in [1.807, 2.05) is 26.0 Å². The van der Waals surface area contributed by atoms with Gasteiger partial charge in [-0.05, 0) is 43.2 Å².